The van der Waals surface area contributed by atoms with Crippen molar-refractivity contribution in [1.82, 2.24) is 4.98 Å². The highest BCUT2D eigenvalue weighted by Crippen LogP contribution is 2.38. The molecule has 43 heavy (non-hydrogen) atoms. The minimum Gasteiger partial charge on any atom is -0.326 e. The molecule has 5 aromatic carbocycles. The van der Waals surface area contributed by atoms with E-state index in [1.807, 2.05) is 90.3 Å². The first-order valence-corrected chi connectivity index (χ1v) is 15.8. The Balaban J connectivity index is 1.17. The van der Waals surface area contributed by atoms with Crippen LogP contribution in [0.5, 0.6) is 0 Å². The number of halogens is 1. The molecular weight excluding hydrogens is 594 g/mol. The third-order valence-corrected chi connectivity index (χ3v) is 9.03. The third kappa shape index (κ3) is 7.32. The highest BCUT2D eigenvalue weighted by Gasteiger charge is 2.23. The van der Waals surface area contributed by atoms with E-state index >= 15 is 0 Å². The lowest BCUT2D eigenvalue weighted by Crippen LogP contribution is -2.19. The second-order valence-electron chi connectivity index (χ2n) is 9.88. The number of carbonyl (C=O) groups excluding carboxylic acids is 2. The molecule has 5 nitrogen and oxygen atoms in total. The van der Waals surface area contributed by atoms with Crippen LogP contribution in [0, 0.1) is 0 Å². The van der Waals surface area contributed by atoms with Gasteiger partial charge in [-0.2, -0.15) is 0 Å². The average Bonchev–Trinajstić information content (AvgIpc) is 3.49. The zero-order valence-corrected chi connectivity index (χ0v) is 25.3. The number of rotatable bonds is 9. The largest absolute Gasteiger partial charge is 0.326 e. The third-order valence-electron chi connectivity index (χ3n) is 6.77. The quantitative estimate of drug-likeness (QED) is 0.158. The van der Waals surface area contributed by atoms with E-state index in [1.54, 1.807) is 12.1 Å². The van der Waals surface area contributed by atoms with Gasteiger partial charge in [0.2, 0.25) is 11.8 Å². The fourth-order valence-corrected chi connectivity index (χ4v) is 6.59. The van der Waals surface area contributed by atoms with Gasteiger partial charge in [0, 0.05) is 26.5 Å². The van der Waals surface area contributed by atoms with Gasteiger partial charge in [-0.25, -0.2) is 4.98 Å². The number of hydrogen-bond donors (Lipinski definition) is 2. The summed E-state index contributed by atoms with van der Waals surface area (Å²) >= 11 is 8.78. The lowest BCUT2D eigenvalue weighted by Gasteiger charge is -2.17. The monoisotopic (exact) mass is 619 g/mol. The Kier molecular flexibility index (Phi) is 8.84. The van der Waals surface area contributed by atoms with Gasteiger partial charge in [-0.1, -0.05) is 96.5 Å². The van der Waals surface area contributed by atoms with E-state index in [-0.39, 0.29) is 18.2 Å². The van der Waals surface area contributed by atoms with Crippen LogP contribution in [0.15, 0.2) is 132 Å². The maximum absolute atomic E-state index is 13.7. The summed E-state index contributed by atoms with van der Waals surface area (Å²) in [5.74, 6) is -0.305. The lowest BCUT2D eigenvalue weighted by molar-refractivity contribution is -0.116. The van der Waals surface area contributed by atoms with Gasteiger partial charge in [0.25, 0.3) is 0 Å². The number of anilines is 2. The first-order chi connectivity index (χ1) is 21.0. The second-order valence-corrected chi connectivity index (χ2v) is 12.3. The molecule has 0 fully saturated rings. The fourth-order valence-electron chi connectivity index (χ4n) is 4.66. The van der Waals surface area contributed by atoms with Gasteiger partial charge in [-0.3, -0.25) is 9.59 Å². The van der Waals surface area contributed by atoms with Crippen molar-refractivity contribution in [3.63, 3.8) is 0 Å². The molecule has 0 spiro atoms. The molecule has 2 N–H and O–H groups in total. The predicted octanol–water partition coefficient (Wildman–Crippen LogP) is 9.27. The Bertz CT molecular complexity index is 1890. The number of thioether (sulfide) groups is 1. The van der Waals surface area contributed by atoms with Crippen LogP contribution in [0.25, 0.3) is 22.0 Å². The summed E-state index contributed by atoms with van der Waals surface area (Å²) in [5, 5.41) is 10.9. The van der Waals surface area contributed by atoms with E-state index in [4.69, 9.17) is 16.6 Å². The van der Waals surface area contributed by atoms with Crippen molar-refractivity contribution in [2.75, 3.05) is 10.6 Å². The van der Waals surface area contributed by atoms with Crippen molar-refractivity contribution in [3.8, 4) is 11.3 Å². The molecule has 1 atom stereocenters. The number of amides is 2. The van der Waals surface area contributed by atoms with Gasteiger partial charge in [-0.05, 0) is 58.3 Å². The summed E-state index contributed by atoms with van der Waals surface area (Å²) in [6.07, 6.45) is 0.235. The van der Waals surface area contributed by atoms with Crippen LogP contribution in [0.4, 0.5) is 10.8 Å². The highest BCUT2D eigenvalue weighted by atomic mass is 35.5. The van der Waals surface area contributed by atoms with Crippen LogP contribution >= 0.6 is 34.7 Å². The molecule has 8 heteroatoms. The number of benzene rings is 5. The van der Waals surface area contributed by atoms with E-state index in [0.29, 0.717) is 15.8 Å². The van der Waals surface area contributed by atoms with Crippen LogP contribution in [-0.4, -0.2) is 16.8 Å². The number of nitrogens with one attached hydrogen (secondary N) is 2. The molecule has 2 amide bonds. The first kappa shape index (κ1) is 28.7. The van der Waals surface area contributed by atoms with Crippen LogP contribution in [0.2, 0.25) is 5.02 Å². The fraction of sp³-hybridized carbons (Fsp3) is 0.0571. The van der Waals surface area contributed by atoms with E-state index in [0.717, 1.165) is 32.7 Å². The van der Waals surface area contributed by atoms with Crippen LogP contribution < -0.4 is 10.6 Å². The predicted molar refractivity (Wildman–Crippen MR) is 179 cm³/mol. The van der Waals surface area contributed by atoms with E-state index in [1.165, 1.54) is 28.5 Å². The standard InChI is InChI=1S/C35H26ClN3O2S2/c36-28-17-13-23(14-18-28)19-32(40)37-29-11-6-12-30(21-29)43-33(25-8-2-1-3-9-25)34(41)39-35-38-31(22-42-35)27-16-15-24-7-4-5-10-26(24)20-27/h1-18,20-22,33H,19H2,(H,37,40)(H,38,39,41). The normalized spacial score (nSPS) is 11.7. The van der Waals surface area contributed by atoms with Crippen molar-refractivity contribution in [1.29, 1.82) is 0 Å². The number of aromatic nitrogens is 1. The second kappa shape index (κ2) is 13.3. The molecule has 1 heterocycles. The van der Waals surface area contributed by atoms with Gasteiger partial charge in [0.1, 0.15) is 5.25 Å². The molecule has 0 saturated heterocycles. The van der Waals surface area contributed by atoms with Gasteiger partial charge in [0.15, 0.2) is 5.13 Å². The number of hydrogen-bond acceptors (Lipinski definition) is 5. The summed E-state index contributed by atoms with van der Waals surface area (Å²) in [5.41, 5.74) is 4.22. The van der Waals surface area contributed by atoms with Crippen molar-refractivity contribution >= 4 is 68.1 Å². The molecule has 0 saturated carbocycles. The maximum atomic E-state index is 13.7. The molecule has 1 aromatic heterocycles. The van der Waals surface area contributed by atoms with Crippen molar-refractivity contribution in [3.05, 3.63) is 143 Å². The highest BCUT2D eigenvalue weighted by molar-refractivity contribution is 8.00. The Morgan fingerprint density at radius 3 is 2.37 bits per heavy atom. The number of thiazole rings is 1. The molecule has 6 rings (SSSR count). The minimum atomic E-state index is -0.533. The molecule has 6 aromatic rings. The van der Waals surface area contributed by atoms with E-state index in [9.17, 15) is 9.59 Å². The van der Waals surface area contributed by atoms with Gasteiger partial charge in [-0.15, -0.1) is 23.1 Å². The molecule has 0 aliphatic carbocycles. The molecule has 0 bridgehead atoms. The summed E-state index contributed by atoms with van der Waals surface area (Å²) < 4.78 is 0. The Morgan fingerprint density at radius 1 is 0.791 bits per heavy atom. The molecule has 1 unspecified atom stereocenters. The van der Waals surface area contributed by atoms with Crippen LogP contribution in [-0.2, 0) is 16.0 Å². The molecule has 0 aliphatic heterocycles. The summed E-state index contributed by atoms with van der Waals surface area (Å²) in [7, 11) is 0. The first-order valence-electron chi connectivity index (χ1n) is 13.6. The summed E-state index contributed by atoms with van der Waals surface area (Å²) in [6, 6.07) is 38.8. The van der Waals surface area contributed by atoms with Crippen molar-refractivity contribution < 1.29 is 9.59 Å². The number of fused-ring (bicyclic) bond motifs is 1. The Labute approximate surface area is 263 Å². The van der Waals surface area contributed by atoms with Gasteiger partial charge >= 0.3 is 0 Å². The van der Waals surface area contributed by atoms with Crippen molar-refractivity contribution in [2.45, 2.75) is 16.6 Å². The van der Waals surface area contributed by atoms with E-state index < -0.39 is 5.25 Å². The maximum Gasteiger partial charge on any atom is 0.244 e. The number of nitrogens with zero attached hydrogens (tertiary/aromatic N) is 1. The Hall–Kier alpha value is -4.43. The summed E-state index contributed by atoms with van der Waals surface area (Å²) in [6.45, 7) is 0. The van der Waals surface area contributed by atoms with Crippen LogP contribution in [0.1, 0.15) is 16.4 Å². The zero-order chi connectivity index (χ0) is 29.6. The van der Waals surface area contributed by atoms with E-state index in [2.05, 4.69) is 34.9 Å². The van der Waals surface area contributed by atoms with Gasteiger partial charge < -0.3 is 10.6 Å². The SMILES string of the molecule is O=C(Cc1ccc(Cl)cc1)Nc1cccc(SC(C(=O)Nc2nc(-c3ccc4ccccc4c3)cs2)c2ccccc2)c1. The molecule has 212 valence electrons. The smallest absolute Gasteiger partial charge is 0.244 e. The Morgan fingerprint density at radius 2 is 1.56 bits per heavy atom. The van der Waals surface area contributed by atoms with Crippen LogP contribution in [0.3, 0.4) is 0 Å². The van der Waals surface area contributed by atoms with Crippen molar-refractivity contribution in [2.24, 2.45) is 0 Å². The minimum absolute atomic E-state index is 0.132. The number of carbonyl (C=O) groups is 2. The lowest BCUT2D eigenvalue weighted by atomic mass is 10.1. The average molecular weight is 620 g/mol. The summed E-state index contributed by atoms with van der Waals surface area (Å²) in [4.78, 5) is 31.9. The van der Waals surface area contributed by atoms with Gasteiger partial charge in [0.05, 0.1) is 12.1 Å². The molecule has 0 radical (unpaired) electrons. The topological polar surface area (TPSA) is 71.1 Å². The zero-order valence-electron chi connectivity index (χ0n) is 22.9. The molecular formula is C35H26ClN3O2S2. The molecule has 0 aliphatic rings.